The average Bonchev–Trinajstić information content (AvgIpc) is 2.78. The number of rotatable bonds is 10. The fourth-order valence-electron chi connectivity index (χ4n) is 2.71. The standard InChI is InChI=1S/C19H20ClN5O.C4H11NO/c20-15-4-3-5-16(13-15)24-19-23-10-7-17(25-19)14-6-9-22-18(12-14)21-8-1-2-11-26;1-2-3-4(5)6/h3-7,9-10,12-13,26H,1-2,8,11H2,(H,21,22)(H,23,24,25);4,6H,2-3,5H2,1H3. The molecule has 2 heterocycles. The van der Waals surface area contributed by atoms with E-state index < -0.39 is 6.23 Å². The minimum Gasteiger partial charge on any atom is -0.396 e. The summed E-state index contributed by atoms with van der Waals surface area (Å²) in [7, 11) is 0. The number of aromatic nitrogens is 3. The molecule has 0 saturated heterocycles. The largest absolute Gasteiger partial charge is 0.396 e. The molecule has 1 aromatic carbocycles. The van der Waals surface area contributed by atoms with Gasteiger partial charge in [-0.05, 0) is 55.7 Å². The number of nitrogens with zero attached hydrogens (tertiary/aromatic N) is 3. The van der Waals surface area contributed by atoms with Gasteiger partial charge in [-0.1, -0.05) is 31.0 Å². The third-order valence-electron chi connectivity index (χ3n) is 4.27. The molecule has 0 aliphatic carbocycles. The Bertz CT molecular complexity index is 942. The van der Waals surface area contributed by atoms with Crippen LogP contribution in [-0.2, 0) is 0 Å². The number of aliphatic hydroxyl groups excluding tert-OH is 2. The van der Waals surface area contributed by atoms with Gasteiger partial charge in [0.1, 0.15) is 12.0 Å². The van der Waals surface area contributed by atoms with Crippen molar-refractivity contribution < 1.29 is 10.2 Å². The summed E-state index contributed by atoms with van der Waals surface area (Å²) in [5, 5.41) is 24.2. The van der Waals surface area contributed by atoms with E-state index in [0.29, 0.717) is 17.4 Å². The number of nitrogens with two attached hydrogens (primary N) is 1. The van der Waals surface area contributed by atoms with Crippen LogP contribution < -0.4 is 16.4 Å². The maximum absolute atomic E-state index is 8.83. The van der Waals surface area contributed by atoms with Crippen molar-refractivity contribution in [2.45, 2.75) is 38.8 Å². The fraction of sp³-hybridized carbons (Fsp3) is 0.348. The molecule has 32 heavy (non-hydrogen) atoms. The molecule has 6 N–H and O–H groups in total. The first-order valence-electron chi connectivity index (χ1n) is 10.6. The monoisotopic (exact) mass is 458 g/mol. The lowest BCUT2D eigenvalue weighted by molar-refractivity contribution is 0.171. The second-order valence-electron chi connectivity index (χ2n) is 7.04. The number of aliphatic hydroxyl groups is 2. The third kappa shape index (κ3) is 9.57. The average molecular weight is 459 g/mol. The summed E-state index contributed by atoms with van der Waals surface area (Å²) in [5.41, 5.74) is 7.53. The molecule has 8 nitrogen and oxygen atoms in total. The van der Waals surface area contributed by atoms with Crippen LogP contribution in [0.1, 0.15) is 32.6 Å². The minimum atomic E-state index is -0.602. The van der Waals surface area contributed by atoms with Gasteiger partial charge in [-0.25, -0.2) is 15.0 Å². The van der Waals surface area contributed by atoms with Crippen LogP contribution in [-0.4, -0.2) is 44.5 Å². The number of anilines is 3. The molecule has 3 aromatic rings. The maximum Gasteiger partial charge on any atom is 0.227 e. The summed E-state index contributed by atoms with van der Waals surface area (Å²) in [4.78, 5) is 13.1. The second kappa shape index (κ2) is 14.3. The normalized spacial score (nSPS) is 11.3. The summed E-state index contributed by atoms with van der Waals surface area (Å²) in [6, 6.07) is 13.1. The lowest BCUT2D eigenvalue weighted by atomic mass is 10.2. The van der Waals surface area contributed by atoms with Crippen molar-refractivity contribution >= 4 is 29.1 Å². The van der Waals surface area contributed by atoms with Crippen LogP contribution >= 0.6 is 11.6 Å². The Labute approximate surface area is 193 Å². The molecule has 0 saturated carbocycles. The maximum atomic E-state index is 8.83. The topological polar surface area (TPSA) is 129 Å². The fourth-order valence-corrected chi connectivity index (χ4v) is 2.90. The highest BCUT2D eigenvalue weighted by atomic mass is 35.5. The molecule has 2 aromatic heterocycles. The zero-order valence-corrected chi connectivity index (χ0v) is 19.0. The molecule has 1 atom stereocenters. The number of unbranched alkanes of at least 4 members (excludes halogenated alkanes) is 1. The molecular formula is C23H31ClN6O2. The number of pyridine rings is 1. The van der Waals surface area contributed by atoms with E-state index in [-0.39, 0.29) is 6.61 Å². The van der Waals surface area contributed by atoms with Crippen LogP contribution in [0.5, 0.6) is 0 Å². The molecule has 0 aliphatic rings. The predicted octanol–water partition coefficient (Wildman–Crippen LogP) is 4.18. The lowest BCUT2D eigenvalue weighted by Crippen LogP contribution is -2.17. The van der Waals surface area contributed by atoms with Crippen molar-refractivity contribution in [1.82, 2.24) is 15.0 Å². The quantitative estimate of drug-likeness (QED) is 0.226. The van der Waals surface area contributed by atoms with Crippen LogP contribution in [0.4, 0.5) is 17.5 Å². The zero-order chi connectivity index (χ0) is 23.2. The van der Waals surface area contributed by atoms with Gasteiger partial charge in [0.25, 0.3) is 0 Å². The van der Waals surface area contributed by atoms with E-state index in [1.54, 1.807) is 12.4 Å². The van der Waals surface area contributed by atoms with Crippen LogP contribution in [0, 0.1) is 0 Å². The Balaban J connectivity index is 0.000000534. The van der Waals surface area contributed by atoms with Gasteiger partial charge in [0.05, 0.1) is 5.69 Å². The van der Waals surface area contributed by atoms with Gasteiger partial charge in [-0.3, -0.25) is 0 Å². The minimum absolute atomic E-state index is 0.207. The second-order valence-corrected chi connectivity index (χ2v) is 7.48. The van der Waals surface area contributed by atoms with Crippen molar-refractivity contribution in [2.75, 3.05) is 23.8 Å². The van der Waals surface area contributed by atoms with Crippen molar-refractivity contribution in [3.05, 3.63) is 59.9 Å². The van der Waals surface area contributed by atoms with E-state index in [1.165, 1.54) is 0 Å². The van der Waals surface area contributed by atoms with Crippen molar-refractivity contribution in [3.63, 3.8) is 0 Å². The first-order chi connectivity index (χ1) is 15.5. The summed E-state index contributed by atoms with van der Waals surface area (Å²) < 4.78 is 0. The molecule has 0 fully saturated rings. The molecule has 0 aliphatic heterocycles. The summed E-state index contributed by atoms with van der Waals surface area (Å²) in [6.45, 7) is 2.96. The third-order valence-corrected chi connectivity index (χ3v) is 4.50. The van der Waals surface area contributed by atoms with Crippen LogP contribution in [0.25, 0.3) is 11.3 Å². The van der Waals surface area contributed by atoms with Crippen molar-refractivity contribution in [3.8, 4) is 11.3 Å². The van der Waals surface area contributed by atoms with Gasteiger partial charge in [-0.2, -0.15) is 0 Å². The summed E-state index contributed by atoms with van der Waals surface area (Å²) in [6.07, 6.45) is 6.19. The van der Waals surface area contributed by atoms with Crippen molar-refractivity contribution in [2.24, 2.45) is 5.73 Å². The zero-order valence-electron chi connectivity index (χ0n) is 18.2. The first-order valence-corrected chi connectivity index (χ1v) is 11.0. The Morgan fingerprint density at radius 1 is 1.09 bits per heavy atom. The number of hydrogen-bond donors (Lipinski definition) is 5. The smallest absolute Gasteiger partial charge is 0.227 e. The summed E-state index contributed by atoms with van der Waals surface area (Å²) >= 11 is 6.01. The van der Waals surface area contributed by atoms with Gasteiger partial charge >= 0.3 is 0 Å². The van der Waals surface area contributed by atoms with Crippen LogP contribution in [0.15, 0.2) is 54.9 Å². The van der Waals surface area contributed by atoms with Crippen LogP contribution in [0.3, 0.4) is 0 Å². The number of nitrogens with one attached hydrogen (secondary N) is 2. The number of halogens is 1. The van der Waals surface area contributed by atoms with Gasteiger partial charge in [0.2, 0.25) is 5.95 Å². The molecule has 0 amide bonds. The molecular weight excluding hydrogens is 428 g/mol. The highest BCUT2D eigenvalue weighted by Crippen LogP contribution is 2.22. The molecule has 0 spiro atoms. The molecule has 3 rings (SSSR count). The first kappa shape index (κ1) is 25.5. The van der Waals surface area contributed by atoms with E-state index in [0.717, 1.165) is 48.6 Å². The van der Waals surface area contributed by atoms with E-state index in [1.807, 2.05) is 49.4 Å². The van der Waals surface area contributed by atoms with E-state index >= 15 is 0 Å². The SMILES string of the molecule is CCCC(N)O.OCCCCNc1cc(-c2ccnc(Nc3cccc(Cl)c3)n2)ccn1. The van der Waals surface area contributed by atoms with E-state index in [9.17, 15) is 0 Å². The highest BCUT2D eigenvalue weighted by Gasteiger charge is 2.05. The molecule has 0 bridgehead atoms. The van der Waals surface area contributed by atoms with E-state index in [4.69, 9.17) is 27.5 Å². The molecule has 0 radical (unpaired) electrons. The number of hydrogen-bond acceptors (Lipinski definition) is 8. The Morgan fingerprint density at radius 2 is 1.91 bits per heavy atom. The van der Waals surface area contributed by atoms with Crippen LogP contribution in [0.2, 0.25) is 5.02 Å². The predicted molar refractivity (Wildman–Crippen MR) is 130 cm³/mol. The Hall–Kier alpha value is -2.78. The van der Waals surface area contributed by atoms with Gasteiger partial charge in [0.15, 0.2) is 0 Å². The number of benzene rings is 1. The Morgan fingerprint density at radius 3 is 2.59 bits per heavy atom. The summed E-state index contributed by atoms with van der Waals surface area (Å²) in [5.74, 6) is 1.28. The molecule has 9 heteroatoms. The van der Waals surface area contributed by atoms with Gasteiger partial charge in [-0.15, -0.1) is 0 Å². The van der Waals surface area contributed by atoms with Gasteiger partial charge in [0, 0.05) is 41.8 Å². The lowest BCUT2D eigenvalue weighted by Gasteiger charge is -2.09. The Kier molecular flexibility index (Phi) is 11.4. The van der Waals surface area contributed by atoms with E-state index in [2.05, 4.69) is 25.6 Å². The van der Waals surface area contributed by atoms with Gasteiger partial charge < -0.3 is 26.6 Å². The molecule has 172 valence electrons. The molecule has 1 unspecified atom stereocenters. The van der Waals surface area contributed by atoms with Crippen molar-refractivity contribution in [1.29, 1.82) is 0 Å². The highest BCUT2D eigenvalue weighted by molar-refractivity contribution is 6.30.